The zero-order chi connectivity index (χ0) is 15.9. The molecule has 0 heterocycles. The summed E-state index contributed by atoms with van der Waals surface area (Å²) in [7, 11) is 0. The van der Waals surface area contributed by atoms with Crippen LogP contribution in [0.15, 0.2) is 48.5 Å². The SMILES string of the molecule is CC[C@H](NC(=O)COc1cc(C)ccc1C)c1ccccc1. The van der Waals surface area contributed by atoms with Crippen molar-refractivity contribution in [2.75, 3.05) is 6.61 Å². The molecule has 1 atom stereocenters. The number of carbonyl (C=O) groups excluding carboxylic acids is 1. The van der Waals surface area contributed by atoms with Gasteiger partial charge in [0.1, 0.15) is 5.75 Å². The molecule has 0 radical (unpaired) electrons. The summed E-state index contributed by atoms with van der Waals surface area (Å²) < 4.78 is 5.65. The molecule has 0 aliphatic heterocycles. The van der Waals surface area contributed by atoms with E-state index in [4.69, 9.17) is 4.74 Å². The van der Waals surface area contributed by atoms with E-state index >= 15 is 0 Å². The molecule has 0 aliphatic rings. The molecule has 0 aromatic heterocycles. The molecule has 2 rings (SSSR count). The summed E-state index contributed by atoms with van der Waals surface area (Å²) in [6.45, 7) is 6.08. The van der Waals surface area contributed by atoms with E-state index in [1.165, 1.54) is 0 Å². The van der Waals surface area contributed by atoms with Gasteiger partial charge in [0.2, 0.25) is 0 Å². The molecule has 2 aromatic rings. The van der Waals surface area contributed by atoms with Gasteiger partial charge in [-0.15, -0.1) is 0 Å². The van der Waals surface area contributed by atoms with Gasteiger partial charge in [0.25, 0.3) is 5.91 Å². The number of aryl methyl sites for hydroxylation is 2. The average Bonchev–Trinajstić information content (AvgIpc) is 2.54. The predicted molar refractivity (Wildman–Crippen MR) is 89.0 cm³/mol. The Balaban J connectivity index is 1.93. The number of carbonyl (C=O) groups is 1. The van der Waals surface area contributed by atoms with Crippen molar-refractivity contribution >= 4 is 5.91 Å². The van der Waals surface area contributed by atoms with Gasteiger partial charge in [0, 0.05) is 0 Å². The minimum atomic E-state index is -0.100. The fourth-order valence-electron chi connectivity index (χ4n) is 2.35. The summed E-state index contributed by atoms with van der Waals surface area (Å²) in [6.07, 6.45) is 0.846. The van der Waals surface area contributed by atoms with E-state index in [2.05, 4.69) is 12.2 Å². The number of rotatable bonds is 6. The Hall–Kier alpha value is -2.29. The molecule has 3 nitrogen and oxygen atoms in total. The summed E-state index contributed by atoms with van der Waals surface area (Å²) in [6, 6.07) is 16.0. The molecule has 0 unspecified atom stereocenters. The standard InChI is InChI=1S/C19H23NO2/c1-4-17(16-8-6-5-7-9-16)20-19(21)13-22-18-12-14(2)10-11-15(18)3/h5-12,17H,4,13H2,1-3H3,(H,20,21)/t17-/m0/s1. The molecule has 3 heteroatoms. The quantitative estimate of drug-likeness (QED) is 0.876. The minimum Gasteiger partial charge on any atom is -0.483 e. The first-order valence-corrected chi connectivity index (χ1v) is 7.64. The maximum absolute atomic E-state index is 12.1. The van der Waals surface area contributed by atoms with Crippen molar-refractivity contribution in [1.82, 2.24) is 5.32 Å². The molecule has 0 saturated heterocycles. The normalized spacial score (nSPS) is 11.8. The zero-order valence-electron chi connectivity index (χ0n) is 13.4. The first kappa shape index (κ1) is 16.1. The largest absolute Gasteiger partial charge is 0.483 e. The first-order valence-electron chi connectivity index (χ1n) is 7.64. The molecule has 0 bridgehead atoms. The van der Waals surface area contributed by atoms with Crippen LogP contribution in [0.4, 0.5) is 0 Å². The number of hydrogen-bond acceptors (Lipinski definition) is 2. The van der Waals surface area contributed by atoms with E-state index in [-0.39, 0.29) is 18.6 Å². The molecule has 1 N–H and O–H groups in total. The van der Waals surface area contributed by atoms with Crippen LogP contribution in [0, 0.1) is 13.8 Å². The number of benzene rings is 2. The second-order valence-corrected chi connectivity index (χ2v) is 5.50. The van der Waals surface area contributed by atoms with Crippen molar-refractivity contribution < 1.29 is 9.53 Å². The van der Waals surface area contributed by atoms with Crippen LogP contribution in [-0.2, 0) is 4.79 Å². The van der Waals surface area contributed by atoms with Crippen LogP contribution < -0.4 is 10.1 Å². The smallest absolute Gasteiger partial charge is 0.258 e. The molecular formula is C19H23NO2. The van der Waals surface area contributed by atoms with E-state index in [0.717, 1.165) is 28.9 Å². The van der Waals surface area contributed by atoms with Gasteiger partial charge in [0.05, 0.1) is 6.04 Å². The van der Waals surface area contributed by atoms with Crippen molar-refractivity contribution in [3.05, 3.63) is 65.2 Å². The van der Waals surface area contributed by atoms with E-state index in [0.29, 0.717) is 0 Å². The van der Waals surface area contributed by atoms with Gasteiger partial charge in [-0.2, -0.15) is 0 Å². The van der Waals surface area contributed by atoms with Gasteiger partial charge in [-0.05, 0) is 43.0 Å². The average molecular weight is 297 g/mol. The van der Waals surface area contributed by atoms with Crippen molar-refractivity contribution in [3.8, 4) is 5.75 Å². The van der Waals surface area contributed by atoms with Crippen molar-refractivity contribution in [2.45, 2.75) is 33.2 Å². The Morgan fingerprint density at radius 3 is 2.55 bits per heavy atom. The lowest BCUT2D eigenvalue weighted by molar-refractivity contribution is -0.123. The highest BCUT2D eigenvalue weighted by Crippen LogP contribution is 2.19. The fraction of sp³-hybridized carbons (Fsp3) is 0.316. The molecule has 0 spiro atoms. The van der Waals surface area contributed by atoms with Crippen LogP contribution in [0.5, 0.6) is 5.75 Å². The van der Waals surface area contributed by atoms with Crippen LogP contribution in [0.2, 0.25) is 0 Å². The summed E-state index contributed by atoms with van der Waals surface area (Å²) in [4.78, 5) is 12.1. The highest BCUT2D eigenvalue weighted by molar-refractivity contribution is 5.78. The zero-order valence-corrected chi connectivity index (χ0v) is 13.4. The fourth-order valence-corrected chi connectivity index (χ4v) is 2.35. The topological polar surface area (TPSA) is 38.3 Å². The summed E-state index contributed by atoms with van der Waals surface area (Å²) in [5.41, 5.74) is 3.27. The van der Waals surface area contributed by atoms with E-state index < -0.39 is 0 Å². The van der Waals surface area contributed by atoms with Crippen molar-refractivity contribution in [3.63, 3.8) is 0 Å². The van der Waals surface area contributed by atoms with Crippen LogP contribution >= 0.6 is 0 Å². The Morgan fingerprint density at radius 1 is 1.14 bits per heavy atom. The Bertz CT molecular complexity index is 623. The molecule has 0 fully saturated rings. The van der Waals surface area contributed by atoms with Crippen LogP contribution in [0.1, 0.15) is 36.1 Å². The minimum absolute atomic E-state index is 0.0240. The Morgan fingerprint density at radius 2 is 1.86 bits per heavy atom. The van der Waals surface area contributed by atoms with Gasteiger partial charge in [-0.3, -0.25) is 4.79 Å². The van der Waals surface area contributed by atoms with Gasteiger partial charge in [0.15, 0.2) is 6.61 Å². The Labute approximate surface area is 132 Å². The Kier molecular flexibility index (Phi) is 5.59. The van der Waals surface area contributed by atoms with Crippen LogP contribution in [0.25, 0.3) is 0 Å². The highest BCUT2D eigenvalue weighted by atomic mass is 16.5. The maximum Gasteiger partial charge on any atom is 0.258 e. The number of nitrogens with one attached hydrogen (secondary N) is 1. The van der Waals surface area contributed by atoms with Crippen molar-refractivity contribution in [2.24, 2.45) is 0 Å². The second kappa shape index (κ2) is 7.64. The molecular weight excluding hydrogens is 274 g/mol. The molecule has 0 aliphatic carbocycles. The third kappa shape index (κ3) is 4.35. The second-order valence-electron chi connectivity index (χ2n) is 5.50. The number of hydrogen-bond donors (Lipinski definition) is 1. The lowest BCUT2D eigenvalue weighted by Gasteiger charge is -2.18. The van der Waals surface area contributed by atoms with Crippen LogP contribution in [-0.4, -0.2) is 12.5 Å². The number of amides is 1. The molecule has 1 amide bonds. The third-order valence-electron chi connectivity index (χ3n) is 3.65. The van der Waals surface area contributed by atoms with Crippen molar-refractivity contribution in [1.29, 1.82) is 0 Å². The first-order chi connectivity index (χ1) is 10.6. The predicted octanol–water partition coefficient (Wildman–Crippen LogP) is 3.95. The van der Waals surface area contributed by atoms with Gasteiger partial charge >= 0.3 is 0 Å². The van der Waals surface area contributed by atoms with E-state index in [1.54, 1.807) is 0 Å². The summed E-state index contributed by atoms with van der Waals surface area (Å²) in [5, 5.41) is 3.02. The highest BCUT2D eigenvalue weighted by Gasteiger charge is 2.13. The molecule has 22 heavy (non-hydrogen) atoms. The molecule has 0 saturated carbocycles. The van der Waals surface area contributed by atoms with Gasteiger partial charge < -0.3 is 10.1 Å². The summed E-state index contributed by atoms with van der Waals surface area (Å²) >= 11 is 0. The molecule has 116 valence electrons. The van der Waals surface area contributed by atoms with Gasteiger partial charge in [-0.1, -0.05) is 49.4 Å². The lowest BCUT2D eigenvalue weighted by atomic mass is 10.0. The molecule has 2 aromatic carbocycles. The van der Waals surface area contributed by atoms with Gasteiger partial charge in [-0.25, -0.2) is 0 Å². The van der Waals surface area contributed by atoms with E-state index in [9.17, 15) is 4.79 Å². The summed E-state index contributed by atoms with van der Waals surface area (Å²) in [5.74, 6) is 0.666. The van der Waals surface area contributed by atoms with E-state index in [1.807, 2.05) is 62.4 Å². The maximum atomic E-state index is 12.1. The third-order valence-corrected chi connectivity index (χ3v) is 3.65. The lowest BCUT2D eigenvalue weighted by Crippen LogP contribution is -2.32. The van der Waals surface area contributed by atoms with Crippen LogP contribution in [0.3, 0.4) is 0 Å². The number of ether oxygens (including phenoxy) is 1. The monoisotopic (exact) mass is 297 g/mol.